The van der Waals surface area contributed by atoms with Gasteiger partial charge in [-0.15, -0.1) is 0 Å². The molecule has 7 nitrogen and oxygen atoms in total. The minimum atomic E-state index is -0.414. The van der Waals surface area contributed by atoms with Crippen molar-refractivity contribution in [1.29, 1.82) is 0 Å². The minimum Gasteiger partial charge on any atom is -0.368 e. The van der Waals surface area contributed by atoms with Crippen LogP contribution in [0, 0.1) is 0 Å². The summed E-state index contributed by atoms with van der Waals surface area (Å²) < 4.78 is 5.36. The van der Waals surface area contributed by atoms with Gasteiger partial charge in [-0.25, -0.2) is 0 Å². The van der Waals surface area contributed by atoms with Crippen LogP contribution in [0.2, 0.25) is 0 Å². The monoisotopic (exact) mass is 373 g/mol. The molecule has 0 saturated carbocycles. The van der Waals surface area contributed by atoms with Crippen LogP contribution in [0.4, 0.5) is 5.69 Å². The number of hydrogen-bond acceptors (Lipinski definition) is 4. The highest BCUT2D eigenvalue weighted by Crippen LogP contribution is 2.16. The third-order valence-electron chi connectivity index (χ3n) is 4.95. The first-order valence-electron chi connectivity index (χ1n) is 9.72. The number of piperidine rings is 1. The van der Waals surface area contributed by atoms with Gasteiger partial charge in [0.2, 0.25) is 5.91 Å². The van der Waals surface area contributed by atoms with Crippen LogP contribution in [0.15, 0.2) is 24.3 Å². The second-order valence-corrected chi connectivity index (χ2v) is 7.02. The fourth-order valence-electron chi connectivity index (χ4n) is 3.43. The first-order valence-corrected chi connectivity index (χ1v) is 9.72. The molecule has 3 rings (SSSR count). The predicted molar refractivity (Wildman–Crippen MR) is 101 cm³/mol. The van der Waals surface area contributed by atoms with Gasteiger partial charge in [-0.1, -0.05) is 6.07 Å². The molecule has 1 atom stereocenters. The van der Waals surface area contributed by atoms with Crippen LogP contribution in [0.5, 0.6) is 0 Å². The highest BCUT2D eigenvalue weighted by atomic mass is 16.5. The molecule has 0 bridgehead atoms. The zero-order chi connectivity index (χ0) is 19.1. The number of likely N-dealkylation sites (tertiary alicyclic amines) is 1. The second kappa shape index (κ2) is 9.50. The van der Waals surface area contributed by atoms with E-state index in [1.165, 1.54) is 6.42 Å². The Labute approximate surface area is 159 Å². The van der Waals surface area contributed by atoms with Gasteiger partial charge in [-0.3, -0.25) is 14.4 Å². The van der Waals surface area contributed by atoms with Gasteiger partial charge in [-0.05, 0) is 50.3 Å². The van der Waals surface area contributed by atoms with Crippen molar-refractivity contribution in [2.45, 2.75) is 44.6 Å². The molecule has 2 fully saturated rings. The Bertz CT molecular complexity index is 680. The summed E-state index contributed by atoms with van der Waals surface area (Å²) >= 11 is 0. The molecule has 2 N–H and O–H groups in total. The van der Waals surface area contributed by atoms with Gasteiger partial charge in [0.05, 0.1) is 0 Å². The molecule has 1 aromatic carbocycles. The zero-order valence-electron chi connectivity index (χ0n) is 15.5. The van der Waals surface area contributed by atoms with Gasteiger partial charge in [0, 0.05) is 43.9 Å². The Balaban J connectivity index is 1.46. The first-order chi connectivity index (χ1) is 13.1. The molecule has 27 heavy (non-hydrogen) atoms. The maximum atomic E-state index is 12.3. The van der Waals surface area contributed by atoms with E-state index in [1.807, 2.05) is 4.90 Å². The number of hydrogen-bond donors (Lipinski definition) is 2. The molecule has 146 valence electrons. The summed E-state index contributed by atoms with van der Waals surface area (Å²) in [5.41, 5.74) is 1.01. The van der Waals surface area contributed by atoms with Gasteiger partial charge >= 0.3 is 0 Å². The average Bonchev–Trinajstić information content (AvgIpc) is 3.24. The van der Waals surface area contributed by atoms with E-state index in [4.69, 9.17) is 4.74 Å². The first kappa shape index (κ1) is 19.4. The Morgan fingerprint density at radius 3 is 2.67 bits per heavy atom. The number of rotatable bonds is 6. The molecule has 0 aliphatic carbocycles. The van der Waals surface area contributed by atoms with Crippen molar-refractivity contribution in [1.82, 2.24) is 10.2 Å². The van der Waals surface area contributed by atoms with Gasteiger partial charge in [-0.2, -0.15) is 0 Å². The number of amides is 3. The fraction of sp³-hybridized carbons (Fsp3) is 0.550. The number of carbonyl (C=O) groups is 3. The Morgan fingerprint density at radius 1 is 1.11 bits per heavy atom. The lowest BCUT2D eigenvalue weighted by atomic mass is 10.1. The van der Waals surface area contributed by atoms with Crippen LogP contribution in [-0.2, 0) is 14.3 Å². The van der Waals surface area contributed by atoms with Gasteiger partial charge < -0.3 is 20.3 Å². The van der Waals surface area contributed by atoms with Gasteiger partial charge in [0.1, 0.15) is 6.10 Å². The summed E-state index contributed by atoms with van der Waals surface area (Å²) in [4.78, 5) is 38.4. The molecule has 2 aliphatic rings. The summed E-state index contributed by atoms with van der Waals surface area (Å²) in [6.45, 7) is 2.55. The van der Waals surface area contributed by atoms with Crippen molar-refractivity contribution in [3.8, 4) is 0 Å². The van der Waals surface area contributed by atoms with Crippen molar-refractivity contribution in [2.75, 3.05) is 31.6 Å². The molecule has 3 amide bonds. The van der Waals surface area contributed by atoms with E-state index in [1.54, 1.807) is 24.3 Å². The summed E-state index contributed by atoms with van der Waals surface area (Å²) in [5.74, 6) is -0.348. The Hall–Kier alpha value is -2.41. The quantitative estimate of drug-likeness (QED) is 0.798. The van der Waals surface area contributed by atoms with E-state index in [9.17, 15) is 14.4 Å². The third-order valence-corrected chi connectivity index (χ3v) is 4.95. The molecular formula is C20H27N3O4. The summed E-state index contributed by atoms with van der Waals surface area (Å²) in [6.07, 6.45) is 4.79. The number of nitrogens with zero attached hydrogens (tertiary/aromatic N) is 1. The van der Waals surface area contributed by atoms with E-state index in [0.717, 1.165) is 38.8 Å². The molecule has 1 aromatic rings. The molecular weight excluding hydrogens is 346 g/mol. The molecule has 0 spiro atoms. The van der Waals surface area contributed by atoms with Crippen LogP contribution < -0.4 is 10.6 Å². The lowest BCUT2D eigenvalue weighted by molar-refractivity contribution is -0.132. The van der Waals surface area contributed by atoms with E-state index >= 15 is 0 Å². The van der Waals surface area contributed by atoms with Crippen LogP contribution in [0.1, 0.15) is 48.9 Å². The maximum Gasteiger partial charge on any atom is 0.253 e. The SMILES string of the molecule is O=C(NCCC(=O)N1CCCCC1)c1cccc(NC(=O)C2CCCO2)c1. The van der Waals surface area contributed by atoms with E-state index in [-0.39, 0.29) is 17.7 Å². The normalized spacial score (nSPS) is 19.6. The molecule has 2 heterocycles. The number of nitrogens with one attached hydrogen (secondary N) is 2. The summed E-state index contributed by atoms with van der Waals surface area (Å²) in [5, 5.41) is 5.57. The molecule has 0 aromatic heterocycles. The van der Waals surface area contributed by atoms with Crippen LogP contribution in [0.3, 0.4) is 0 Å². The number of carbonyl (C=O) groups excluding carboxylic acids is 3. The van der Waals surface area contributed by atoms with E-state index in [0.29, 0.717) is 30.8 Å². The van der Waals surface area contributed by atoms with E-state index < -0.39 is 6.10 Å². The van der Waals surface area contributed by atoms with Crippen LogP contribution >= 0.6 is 0 Å². The topological polar surface area (TPSA) is 87.7 Å². The second-order valence-electron chi connectivity index (χ2n) is 7.02. The maximum absolute atomic E-state index is 12.3. The lowest BCUT2D eigenvalue weighted by Gasteiger charge is -2.26. The van der Waals surface area contributed by atoms with Crippen molar-refractivity contribution in [3.63, 3.8) is 0 Å². The fourth-order valence-corrected chi connectivity index (χ4v) is 3.43. The van der Waals surface area contributed by atoms with Crippen molar-refractivity contribution >= 4 is 23.4 Å². The van der Waals surface area contributed by atoms with Crippen molar-refractivity contribution < 1.29 is 19.1 Å². The average molecular weight is 373 g/mol. The molecule has 2 saturated heterocycles. The predicted octanol–water partition coefficient (Wildman–Crippen LogP) is 1.94. The molecule has 0 radical (unpaired) electrons. The molecule has 7 heteroatoms. The highest BCUT2D eigenvalue weighted by Gasteiger charge is 2.23. The number of benzene rings is 1. The standard InChI is InChI=1S/C20H27N3O4/c24-18(23-11-2-1-3-12-23)9-10-21-19(25)15-6-4-7-16(14-15)22-20(26)17-8-5-13-27-17/h4,6-7,14,17H,1-3,5,8-13H2,(H,21,25)(H,22,26). The zero-order valence-corrected chi connectivity index (χ0v) is 15.5. The van der Waals surface area contributed by atoms with Crippen molar-refractivity contribution in [3.05, 3.63) is 29.8 Å². The minimum absolute atomic E-state index is 0.0903. The number of ether oxygens (including phenoxy) is 1. The Morgan fingerprint density at radius 2 is 1.93 bits per heavy atom. The third kappa shape index (κ3) is 5.53. The van der Waals surface area contributed by atoms with Gasteiger partial charge in [0.15, 0.2) is 0 Å². The summed E-state index contributed by atoms with van der Waals surface area (Å²) in [7, 11) is 0. The van der Waals surface area contributed by atoms with Gasteiger partial charge in [0.25, 0.3) is 11.8 Å². The highest BCUT2D eigenvalue weighted by molar-refractivity contribution is 5.98. The van der Waals surface area contributed by atoms with E-state index in [2.05, 4.69) is 10.6 Å². The van der Waals surface area contributed by atoms with Crippen LogP contribution in [-0.4, -0.2) is 55.0 Å². The smallest absolute Gasteiger partial charge is 0.253 e. The molecule has 2 aliphatic heterocycles. The molecule has 1 unspecified atom stereocenters. The largest absolute Gasteiger partial charge is 0.368 e. The number of anilines is 1. The van der Waals surface area contributed by atoms with Crippen molar-refractivity contribution in [2.24, 2.45) is 0 Å². The summed E-state index contributed by atoms with van der Waals surface area (Å²) in [6, 6.07) is 6.78. The Kier molecular flexibility index (Phi) is 6.81. The lowest BCUT2D eigenvalue weighted by Crippen LogP contribution is -2.37. The van der Waals surface area contributed by atoms with Crippen LogP contribution in [0.25, 0.3) is 0 Å².